The molecule has 1 N–H and O–H groups in total. The molecule has 4 rings (SSSR count). The molecule has 0 radical (unpaired) electrons. The number of benzene rings is 3. The van der Waals surface area contributed by atoms with Crippen LogP contribution in [0, 0.1) is 11.7 Å². The lowest BCUT2D eigenvalue weighted by molar-refractivity contribution is -0.132. The molecule has 0 aromatic heterocycles. The van der Waals surface area contributed by atoms with Gasteiger partial charge in [0.25, 0.3) is 11.7 Å². The minimum Gasteiger partial charge on any atom is -0.507 e. The van der Waals surface area contributed by atoms with Crippen molar-refractivity contribution >= 4 is 34.7 Å². The number of anilines is 1. The van der Waals surface area contributed by atoms with E-state index in [1.54, 1.807) is 48.5 Å². The minimum absolute atomic E-state index is 0.0995. The number of hydrogen-bond acceptors (Lipinski definition) is 4. The highest BCUT2D eigenvalue weighted by atomic mass is 35.5. The summed E-state index contributed by atoms with van der Waals surface area (Å²) in [4.78, 5) is 27.6. The van der Waals surface area contributed by atoms with Gasteiger partial charge in [-0.2, -0.15) is 0 Å². The van der Waals surface area contributed by atoms with Crippen molar-refractivity contribution in [1.29, 1.82) is 0 Å². The van der Waals surface area contributed by atoms with Gasteiger partial charge in [-0.1, -0.05) is 55.8 Å². The Labute approximate surface area is 202 Å². The number of carbonyl (C=O) groups is 2. The highest BCUT2D eigenvalue weighted by molar-refractivity contribution is 6.51. The molecule has 1 amide bonds. The monoisotopic (exact) mass is 479 g/mol. The zero-order valence-electron chi connectivity index (χ0n) is 18.7. The maximum atomic E-state index is 13.7. The lowest BCUT2D eigenvalue weighted by Gasteiger charge is -2.25. The molecule has 1 heterocycles. The van der Waals surface area contributed by atoms with Crippen molar-refractivity contribution in [3.63, 3.8) is 0 Å². The second kappa shape index (κ2) is 9.69. The second-order valence-electron chi connectivity index (χ2n) is 8.43. The molecule has 7 heteroatoms. The molecule has 1 aliphatic rings. The molecular weight excluding hydrogens is 457 g/mol. The van der Waals surface area contributed by atoms with Crippen LogP contribution >= 0.6 is 11.6 Å². The standard InChI is InChI=1S/C27H23ClFNO4/c1-16(2)15-34-22-8-3-5-18(13-22)25(31)23-24(17-9-11-20(29)12-10-17)30(27(33)26(23)32)21-7-4-6-19(28)14-21/h3-14,16,24,31H,15H2,1-2H3/b25-23+. The number of halogens is 2. The van der Waals surface area contributed by atoms with E-state index in [1.165, 1.54) is 29.2 Å². The number of aliphatic hydroxyl groups is 1. The van der Waals surface area contributed by atoms with Gasteiger partial charge in [-0.15, -0.1) is 0 Å². The number of nitrogens with zero attached hydrogens (tertiary/aromatic N) is 1. The van der Waals surface area contributed by atoms with Crippen LogP contribution in [-0.2, 0) is 9.59 Å². The summed E-state index contributed by atoms with van der Waals surface area (Å²) in [6.45, 7) is 4.52. The first kappa shape index (κ1) is 23.5. The predicted octanol–water partition coefficient (Wildman–Crippen LogP) is 6.14. The normalized spacial score (nSPS) is 17.4. The van der Waals surface area contributed by atoms with E-state index >= 15 is 0 Å². The predicted molar refractivity (Wildman–Crippen MR) is 129 cm³/mol. The maximum Gasteiger partial charge on any atom is 0.300 e. The summed E-state index contributed by atoms with van der Waals surface area (Å²) in [6, 6.07) is 17.7. The third-order valence-electron chi connectivity index (χ3n) is 5.41. The number of aliphatic hydroxyl groups excluding tert-OH is 1. The van der Waals surface area contributed by atoms with Crippen LogP contribution in [0.2, 0.25) is 5.02 Å². The lowest BCUT2D eigenvalue weighted by Crippen LogP contribution is -2.29. The zero-order valence-corrected chi connectivity index (χ0v) is 19.4. The summed E-state index contributed by atoms with van der Waals surface area (Å²) < 4.78 is 19.4. The molecular formula is C27H23ClFNO4. The van der Waals surface area contributed by atoms with Crippen molar-refractivity contribution in [2.75, 3.05) is 11.5 Å². The van der Waals surface area contributed by atoms with E-state index in [9.17, 15) is 19.1 Å². The first-order chi connectivity index (χ1) is 16.3. The Balaban J connectivity index is 1.86. The lowest BCUT2D eigenvalue weighted by atomic mass is 9.95. The summed E-state index contributed by atoms with van der Waals surface area (Å²) >= 11 is 6.14. The molecule has 34 heavy (non-hydrogen) atoms. The fraction of sp³-hybridized carbons (Fsp3) is 0.185. The third-order valence-corrected chi connectivity index (χ3v) is 5.64. The molecule has 1 atom stereocenters. The van der Waals surface area contributed by atoms with Gasteiger partial charge in [0.1, 0.15) is 17.3 Å². The highest BCUT2D eigenvalue weighted by Gasteiger charge is 2.47. The van der Waals surface area contributed by atoms with Crippen LogP contribution < -0.4 is 9.64 Å². The first-order valence-corrected chi connectivity index (χ1v) is 11.2. The Bertz CT molecular complexity index is 1270. The topological polar surface area (TPSA) is 66.8 Å². The van der Waals surface area contributed by atoms with E-state index in [4.69, 9.17) is 16.3 Å². The average molecular weight is 480 g/mol. The molecule has 1 unspecified atom stereocenters. The Morgan fingerprint density at radius 2 is 1.76 bits per heavy atom. The van der Waals surface area contributed by atoms with Gasteiger partial charge in [-0.3, -0.25) is 14.5 Å². The van der Waals surface area contributed by atoms with Crippen molar-refractivity contribution < 1.29 is 23.8 Å². The van der Waals surface area contributed by atoms with Crippen LogP contribution in [0.15, 0.2) is 78.4 Å². The molecule has 3 aromatic carbocycles. The number of hydrogen-bond donors (Lipinski definition) is 1. The summed E-state index contributed by atoms with van der Waals surface area (Å²) in [5.74, 6) is -1.63. The molecule has 5 nitrogen and oxygen atoms in total. The van der Waals surface area contributed by atoms with E-state index in [1.807, 2.05) is 13.8 Å². The molecule has 1 aliphatic heterocycles. The van der Waals surface area contributed by atoms with E-state index in [2.05, 4.69) is 0 Å². The van der Waals surface area contributed by atoms with Gasteiger partial charge in [-0.05, 0) is 53.9 Å². The number of ketones is 1. The second-order valence-corrected chi connectivity index (χ2v) is 8.87. The van der Waals surface area contributed by atoms with Gasteiger partial charge in [0.15, 0.2) is 0 Å². The van der Waals surface area contributed by atoms with Crippen LogP contribution in [0.4, 0.5) is 10.1 Å². The summed E-state index contributed by atoms with van der Waals surface area (Å²) in [5.41, 5.74) is 1.08. The molecule has 0 spiro atoms. The van der Waals surface area contributed by atoms with Crippen molar-refractivity contribution in [2.45, 2.75) is 19.9 Å². The minimum atomic E-state index is -0.973. The van der Waals surface area contributed by atoms with Gasteiger partial charge in [0.2, 0.25) is 0 Å². The molecule has 0 saturated carbocycles. The van der Waals surface area contributed by atoms with Crippen LogP contribution in [0.3, 0.4) is 0 Å². The molecule has 1 saturated heterocycles. The molecule has 1 fully saturated rings. The quantitative estimate of drug-likeness (QED) is 0.262. The fourth-order valence-corrected chi connectivity index (χ4v) is 4.02. The van der Waals surface area contributed by atoms with Crippen LogP contribution in [0.5, 0.6) is 5.75 Å². The summed E-state index contributed by atoms with van der Waals surface area (Å²) in [5, 5.41) is 11.6. The van der Waals surface area contributed by atoms with Gasteiger partial charge in [0, 0.05) is 16.3 Å². The Morgan fingerprint density at radius 3 is 2.44 bits per heavy atom. The van der Waals surface area contributed by atoms with E-state index in [0.29, 0.717) is 40.1 Å². The van der Waals surface area contributed by atoms with Crippen LogP contribution in [0.25, 0.3) is 5.76 Å². The van der Waals surface area contributed by atoms with Gasteiger partial charge >= 0.3 is 0 Å². The Morgan fingerprint density at radius 1 is 1.06 bits per heavy atom. The van der Waals surface area contributed by atoms with Crippen molar-refractivity contribution in [3.05, 3.63) is 100 Å². The van der Waals surface area contributed by atoms with Gasteiger partial charge in [-0.25, -0.2) is 4.39 Å². The van der Waals surface area contributed by atoms with E-state index < -0.39 is 23.5 Å². The first-order valence-electron chi connectivity index (χ1n) is 10.8. The number of Topliss-reactive ketones (excluding diaryl/α,β-unsaturated/α-hetero) is 1. The SMILES string of the molecule is CC(C)COc1cccc(/C(O)=C2\C(=O)C(=O)N(c3cccc(Cl)c3)C2c2ccc(F)cc2)c1. The number of ether oxygens (including phenoxy) is 1. The summed E-state index contributed by atoms with van der Waals surface area (Å²) in [6.07, 6.45) is 0. The zero-order chi connectivity index (χ0) is 24.4. The van der Waals surface area contributed by atoms with Crippen LogP contribution in [0.1, 0.15) is 31.0 Å². The molecule has 174 valence electrons. The van der Waals surface area contributed by atoms with Gasteiger partial charge in [0.05, 0.1) is 18.2 Å². The van der Waals surface area contributed by atoms with Crippen molar-refractivity contribution in [3.8, 4) is 5.75 Å². The fourth-order valence-electron chi connectivity index (χ4n) is 3.84. The Kier molecular flexibility index (Phi) is 6.70. The highest BCUT2D eigenvalue weighted by Crippen LogP contribution is 2.42. The van der Waals surface area contributed by atoms with Crippen molar-refractivity contribution in [2.24, 2.45) is 5.92 Å². The number of carbonyl (C=O) groups excluding carboxylic acids is 2. The van der Waals surface area contributed by atoms with Crippen molar-refractivity contribution in [1.82, 2.24) is 0 Å². The summed E-state index contributed by atoms with van der Waals surface area (Å²) in [7, 11) is 0. The van der Waals surface area contributed by atoms with Gasteiger partial charge < -0.3 is 9.84 Å². The van der Waals surface area contributed by atoms with E-state index in [-0.39, 0.29) is 11.3 Å². The third kappa shape index (κ3) is 4.68. The van der Waals surface area contributed by atoms with E-state index in [0.717, 1.165) is 0 Å². The molecule has 0 bridgehead atoms. The molecule has 3 aromatic rings. The largest absolute Gasteiger partial charge is 0.507 e. The Hall–Kier alpha value is -3.64. The van der Waals surface area contributed by atoms with Crippen LogP contribution in [-0.4, -0.2) is 23.4 Å². The molecule has 0 aliphatic carbocycles. The maximum absolute atomic E-state index is 13.7. The number of rotatable bonds is 6. The smallest absolute Gasteiger partial charge is 0.300 e. The number of amides is 1. The average Bonchev–Trinajstić information content (AvgIpc) is 3.08.